The fourth-order valence-corrected chi connectivity index (χ4v) is 3.02. The third kappa shape index (κ3) is 4.78. The lowest BCUT2D eigenvalue weighted by Crippen LogP contribution is -2.35. The summed E-state index contributed by atoms with van der Waals surface area (Å²) in [6, 6.07) is 13.4. The van der Waals surface area contributed by atoms with E-state index in [9.17, 15) is 0 Å². The topological polar surface area (TPSA) is 38.0 Å². The number of aryl methyl sites for hydroxylation is 3. The van der Waals surface area contributed by atoms with Crippen LogP contribution in [0, 0.1) is 6.92 Å². The first-order chi connectivity index (χ1) is 9.28. The summed E-state index contributed by atoms with van der Waals surface area (Å²) in [5, 5.41) is 2.13. The van der Waals surface area contributed by atoms with Crippen LogP contribution in [0.3, 0.4) is 0 Å². The van der Waals surface area contributed by atoms with Gasteiger partial charge in [-0.2, -0.15) is 0 Å². The molecule has 2 rings (SSSR count). The lowest BCUT2D eigenvalue weighted by molar-refractivity contribution is 0.465. The van der Waals surface area contributed by atoms with Gasteiger partial charge in [0.15, 0.2) is 0 Å². The van der Waals surface area contributed by atoms with Crippen molar-refractivity contribution in [3.8, 4) is 0 Å². The van der Waals surface area contributed by atoms with Crippen molar-refractivity contribution < 1.29 is 0 Å². The normalized spacial score (nSPS) is 12.5. The first-order valence-electron chi connectivity index (χ1n) is 6.82. The molecule has 0 amide bonds. The number of hydrogen-bond donors (Lipinski definition) is 2. The quantitative estimate of drug-likeness (QED) is 0.599. The highest BCUT2D eigenvalue weighted by Gasteiger charge is 2.07. The Morgan fingerprint density at radius 3 is 2.68 bits per heavy atom. The molecule has 2 nitrogen and oxygen atoms in total. The largest absolute Gasteiger partial charge is 0.271 e. The van der Waals surface area contributed by atoms with Gasteiger partial charge in [0.25, 0.3) is 0 Å². The van der Waals surface area contributed by atoms with E-state index in [-0.39, 0.29) is 0 Å². The minimum Gasteiger partial charge on any atom is -0.271 e. The van der Waals surface area contributed by atoms with Crippen molar-refractivity contribution in [3.05, 3.63) is 57.8 Å². The summed E-state index contributed by atoms with van der Waals surface area (Å²) in [5.74, 6) is 5.66. The third-order valence-electron chi connectivity index (χ3n) is 3.42. The Kier molecular flexibility index (Phi) is 5.58. The van der Waals surface area contributed by atoms with Crippen molar-refractivity contribution in [1.29, 1.82) is 0 Å². The molecule has 1 aromatic heterocycles. The zero-order valence-electron chi connectivity index (χ0n) is 11.4. The van der Waals surface area contributed by atoms with E-state index in [1.165, 1.54) is 16.0 Å². The summed E-state index contributed by atoms with van der Waals surface area (Å²) < 4.78 is 0. The summed E-state index contributed by atoms with van der Waals surface area (Å²) in [5.41, 5.74) is 5.68. The summed E-state index contributed by atoms with van der Waals surface area (Å²) in [4.78, 5) is 1.44. The van der Waals surface area contributed by atoms with Gasteiger partial charge < -0.3 is 0 Å². The van der Waals surface area contributed by atoms with Crippen LogP contribution in [0.5, 0.6) is 0 Å². The van der Waals surface area contributed by atoms with Gasteiger partial charge in [0.05, 0.1) is 0 Å². The van der Waals surface area contributed by atoms with Gasteiger partial charge in [0.2, 0.25) is 0 Å². The molecular weight excluding hydrogens is 252 g/mol. The molecule has 0 aliphatic heterocycles. The zero-order valence-corrected chi connectivity index (χ0v) is 12.2. The predicted octanol–water partition coefficient (Wildman–Crippen LogP) is 3.45. The molecule has 1 heterocycles. The van der Waals surface area contributed by atoms with Crippen molar-refractivity contribution in [2.45, 2.75) is 38.6 Å². The highest BCUT2D eigenvalue weighted by atomic mass is 32.1. The molecule has 3 N–H and O–H groups in total. The van der Waals surface area contributed by atoms with Crippen LogP contribution in [0.2, 0.25) is 0 Å². The molecule has 1 aromatic carbocycles. The standard InChI is InChI=1S/C16H22N2S/c1-13-4-2-5-14(12-13)7-8-15(18-17)9-10-16-6-3-11-19-16/h2-6,11-12,15,18H,7-10,17H2,1H3. The highest BCUT2D eigenvalue weighted by Crippen LogP contribution is 2.14. The maximum atomic E-state index is 5.66. The molecule has 102 valence electrons. The van der Waals surface area contributed by atoms with E-state index >= 15 is 0 Å². The maximum Gasteiger partial charge on any atom is 0.0217 e. The van der Waals surface area contributed by atoms with Crippen LogP contribution in [-0.4, -0.2) is 6.04 Å². The number of hydrogen-bond acceptors (Lipinski definition) is 3. The van der Waals surface area contributed by atoms with Crippen LogP contribution >= 0.6 is 11.3 Å². The Balaban J connectivity index is 1.79. The van der Waals surface area contributed by atoms with E-state index < -0.39 is 0 Å². The predicted molar refractivity (Wildman–Crippen MR) is 83.3 cm³/mol. The van der Waals surface area contributed by atoms with Crippen molar-refractivity contribution >= 4 is 11.3 Å². The van der Waals surface area contributed by atoms with Crippen molar-refractivity contribution in [1.82, 2.24) is 5.43 Å². The Morgan fingerprint density at radius 2 is 2.00 bits per heavy atom. The molecule has 0 aliphatic rings. The summed E-state index contributed by atoms with van der Waals surface area (Å²) in [6.45, 7) is 2.14. The van der Waals surface area contributed by atoms with Crippen LogP contribution in [0.15, 0.2) is 41.8 Å². The number of benzene rings is 1. The van der Waals surface area contributed by atoms with Crippen LogP contribution in [-0.2, 0) is 12.8 Å². The monoisotopic (exact) mass is 274 g/mol. The second kappa shape index (κ2) is 7.43. The Morgan fingerprint density at radius 1 is 1.16 bits per heavy atom. The van der Waals surface area contributed by atoms with E-state index in [4.69, 9.17) is 5.84 Å². The SMILES string of the molecule is Cc1cccc(CCC(CCc2cccs2)NN)c1. The highest BCUT2D eigenvalue weighted by molar-refractivity contribution is 7.09. The minimum absolute atomic E-state index is 0.391. The van der Waals surface area contributed by atoms with Gasteiger partial charge in [-0.05, 0) is 49.6 Å². The Hall–Kier alpha value is -1.16. The molecule has 0 bridgehead atoms. The Bertz CT molecular complexity index is 479. The molecular formula is C16H22N2S. The van der Waals surface area contributed by atoms with Gasteiger partial charge >= 0.3 is 0 Å². The van der Waals surface area contributed by atoms with E-state index in [0.717, 1.165) is 25.7 Å². The molecule has 0 saturated heterocycles. The second-order valence-corrected chi connectivity index (χ2v) is 6.04. The molecule has 0 radical (unpaired) electrons. The van der Waals surface area contributed by atoms with Crippen molar-refractivity contribution in [2.24, 2.45) is 5.84 Å². The molecule has 0 aliphatic carbocycles. The fourth-order valence-electron chi connectivity index (χ4n) is 2.29. The first kappa shape index (κ1) is 14.3. The zero-order chi connectivity index (χ0) is 13.5. The Labute approximate surface area is 119 Å². The molecule has 0 spiro atoms. The van der Waals surface area contributed by atoms with Crippen LogP contribution in [0.25, 0.3) is 0 Å². The van der Waals surface area contributed by atoms with Crippen LogP contribution < -0.4 is 11.3 Å². The summed E-state index contributed by atoms with van der Waals surface area (Å²) in [7, 11) is 0. The van der Waals surface area contributed by atoms with Gasteiger partial charge in [0.1, 0.15) is 0 Å². The van der Waals surface area contributed by atoms with Crippen molar-refractivity contribution in [2.75, 3.05) is 0 Å². The first-order valence-corrected chi connectivity index (χ1v) is 7.70. The van der Waals surface area contributed by atoms with E-state index in [0.29, 0.717) is 6.04 Å². The van der Waals surface area contributed by atoms with Gasteiger partial charge in [-0.15, -0.1) is 11.3 Å². The van der Waals surface area contributed by atoms with Gasteiger partial charge in [-0.1, -0.05) is 35.9 Å². The second-order valence-electron chi connectivity index (χ2n) is 5.01. The van der Waals surface area contributed by atoms with E-state index in [1.807, 2.05) is 11.3 Å². The van der Waals surface area contributed by atoms with E-state index in [2.05, 4.69) is 54.1 Å². The van der Waals surface area contributed by atoms with Gasteiger partial charge in [-0.25, -0.2) is 0 Å². The van der Waals surface area contributed by atoms with Crippen molar-refractivity contribution in [3.63, 3.8) is 0 Å². The van der Waals surface area contributed by atoms with Gasteiger partial charge in [0, 0.05) is 10.9 Å². The molecule has 0 saturated carbocycles. The number of nitrogens with two attached hydrogens (primary N) is 1. The molecule has 1 atom stereocenters. The van der Waals surface area contributed by atoms with Gasteiger partial charge in [-0.3, -0.25) is 11.3 Å². The molecule has 1 unspecified atom stereocenters. The number of rotatable bonds is 7. The smallest absolute Gasteiger partial charge is 0.0217 e. The number of thiophene rings is 1. The number of nitrogens with one attached hydrogen (secondary N) is 1. The van der Waals surface area contributed by atoms with Crippen LogP contribution in [0.4, 0.5) is 0 Å². The summed E-state index contributed by atoms with van der Waals surface area (Å²) in [6.07, 6.45) is 4.38. The van der Waals surface area contributed by atoms with Crippen LogP contribution in [0.1, 0.15) is 28.8 Å². The minimum atomic E-state index is 0.391. The average molecular weight is 274 g/mol. The van der Waals surface area contributed by atoms with E-state index in [1.54, 1.807) is 0 Å². The summed E-state index contributed by atoms with van der Waals surface area (Å²) >= 11 is 1.82. The lowest BCUT2D eigenvalue weighted by atomic mass is 10.0. The fraction of sp³-hybridized carbons (Fsp3) is 0.375. The maximum absolute atomic E-state index is 5.66. The molecule has 2 aromatic rings. The number of hydrazine groups is 1. The average Bonchev–Trinajstić information content (AvgIpc) is 2.92. The third-order valence-corrected chi connectivity index (χ3v) is 4.36. The molecule has 3 heteroatoms. The lowest BCUT2D eigenvalue weighted by Gasteiger charge is -2.15. The molecule has 19 heavy (non-hydrogen) atoms. The molecule has 0 fully saturated rings.